The lowest BCUT2D eigenvalue weighted by atomic mass is 9.79. The van der Waals surface area contributed by atoms with Gasteiger partial charge in [0.05, 0.1) is 0 Å². The van der Waals surface area contributed by atoms with E-state index in [-0.39, 0.29) is 0 Å². The monoisotopic (exact) mass is 232 g/mol. The molecule has 0 radical (unpaired) electrons. The van der Waals surface area contributed by atoms with Crippen molar-refractivity contribution < 1.29 is 0 Å². The van der Waals surface area contributed by atoms with Gasteiger partial charge >= 0.3 is 0 Å². The molecule has 1 aliphatic rings. The van der Waals surface area contributed by atoms with Crippen molar-refractivity contribution >= 4 is 0 Å². The number of rotatable bonds is 4. The summed E-state index contributed by atoms with van der Waals surface area (Å²) in [5.74, 6) is 0.676. The largest absolute Gasteiger partial charge is 0.327 e. The molecule has 1 aromatic rings. The van der Waals surface area contributed by atoms with Gasteiger partial charge in [0.2, 0.25) is 0 Å². The van der Waals surface area contributed by atoms with Crippen LogP contribution in [0.25, 0.3) is 0 Å². The molecule has 0 saturated carbocycles. The van der Waals surface area contributed by atoms with Gasteiger partial charge in [0.15, 0.2) is 0 Å². The normalized spacial score (nSPS) is 21.3. The van der Waals surface area contributed by atoms with Crippen molar-refractivity contribution in [3.05, 3.63) is 35.4 Å². The Hall–Kier alpha value is -0.860. The summed E-state index contributed by atoms with van der Waals surface area (Å²) in [6, 6.07) is 9.18. The van der Waals surface area contributed by atoms with E-state index in [1.165, 1.54) is 19.3 Å². The summed E-state index contributed by atoms with van der Waals surface area (Å²) in [6.07, 6.45) is 4.99. The van der Waals surface area contributed by atoms with E-state index in [4.69, 9.17) is 5.73 Å². The second-order valence-electron chi connectivity index (χ2n) is 5.55. The highest BCUT2D eigenvalue weighted by atomic mass is 15.1. The van der Waals surface area contributed by atoms with Gasteiger partial charge in [-0.15, -0.1) is 0 Å². The number of nitrogens with two attached hydrogens (primary N) is 1. The molecular weight excluding hydrogens is 208 g/mol. The number of aryl methyl sites for hydroxylation is 1. The molecule has 2 N–H and O–H groups in total. The van der Waals surface area contributed by atoms with E-state index in [0.29, 0.717) is 12.0 Å². The Kier molecular flexibility index (Phi) is 4.19. The predicted molar refractivity (Wildman–Crippen MR) is 73.3 cm³/mol. The van der Waals surface area contributed by atoms with Crippen LogP contribution in [0.3, 0.4) is 0 Å². The number of fused-ring (bicyclic) bond motifs is 1. The number of nitrogens with zero attached hydrogens (tertiary/aromatic N) is 1. The molecule has 1 aromatic carbocycles. The van der Waals surface area contributed by atoms with Crippen molar-refractivity contribution in [2.24, 2.45) is 5.73 Å². The average molecular weight is 232 g/mol. The molecule has 0 amide bonds. The lowest BCUT2D eigenvalue weighted by Crippen LogP contribution is -2.35. The van der Waals surface area contributed by atoms with Crippen molar-refractivity contribution in [1.29, 1.82) is 0 Å². The smallest absolute Gasteiger partial charge is 0.0173 e. The number of hydrogen-bond donors (Lipinski definition) is 1. The highest BCUT2D eigenvalue weighted by Gasteiger charge is 2.21. The summed E-state index contributed by atoms with van der Waals surface area (Å²) in [5.41, 5.74) is 9.31. The van der Waals surface area contributed by atoms with Crippen LogP contribution in [0.15, 0.2) is 24.3 Å². The molecule has 2 heteroatoms. The number of hydrogen-bond acceptors (Lipinski definition) is 2. The second-order valence-corrected chi connectivity index (χ2v) is 5.55. The Morgan fingerprint density at radius 1 is 1.35 bits per heavy atom. The first-order valence-electron chi connectivity index (χ1n) is 6.65. The molecule has 0 aliphatic heterocycles. The summed E-state index contributed by atoms with van der Waals surface area (Å²) >= 11 is 0. The maximum absolute atomic E-state index is 6.22. The average Bonchev–Trinajstić information content (AvgIpc) is 2.28. The van der Waals surface area contributed by atoms with Gasteiger partial charge in [-0.05, 0) is 56.8 Å². The molecule has 0 saturated heterocycles. The molecule has 1 aliphatic carbocycles. The van der Waals surface area contributed by atoms with E-state index in [0.717, 1.165) is 13.0 Å². The molecule has 0 fully saturated rings. The van der Waals surface area contributed by atoms with Gasteiger partial charge in [0, 0.05) is 12.6 Å². The van der Waals surface area contributed by atoms with Crippen LogP contribution in [0, 0.1) is 0 Å². The highest BCUT2D eigenvalue weighted by Crippen LogP contribution is 2.34. The quantitative estimate of drug-likeness (QED) is 0.863. The van der Waals surface area contributed by atoms with E-state index < -0.39 is 0 Å². The Labute approximate surface area is 105 Å². The maximum Gasteiger partial charge on any atom is 0.0173 e. The lowest BCUT2D eigenvalue weighted by Gasteiger charge is -2.28. The van der Waals surface area contributed by atoms with Gasteiger partial charge in [0.25, 0.3) is 0 Å². The Morgan fingerprint density at radius 3 is 2.88 bits per heavy atom. The van der Waals surface area contributed by atoms with E-state index in [9.17, 15) is 0 Å². The third kappa shape index (κ3) is 3.30. The molecular formula is C15H24N2. The van der Waals surface area contributed by atoms with Crippen molar-refractivity contribution in [1.82, 2.24) is 4.90 Å². The van der Waals surface area contributed by atoms with Gasteiger partial charge in [-0.3, -0.25) is 0 Å². The van der Waals surface area contributed by atoms with Gasteiger partial charge in [-0.2, -0.15) is 0 Å². The maximum atomic E-state index is 6.22. The summed E-state index contributed by atoms with van der Waals surface area (Å²) in [7, 11) is 4.18. The molecule has 0 bridgehead atoms. The highest BCUT2D eigenvalue weighted by molar-refractivity contribution is 5.32. The van der Waals surface area contributed by atoms with E-state index in [1.807, 2.05) is 0 Å². The van der Waals surface area contributed by atoms with E-state index in [2.05, 4.69) is 43.3 Å². The fraction of sp³-hybridized carbons (Fsp3) is 0.600. The van der Waals surface area contributed by atoms with Gasteiger partial charge in [-0.1, -0.05) is 24.3 Å². The fourth-order valence-electron chi connectivity index (χ4n) is 3.01. The lowest BCUT2D eigenvalue weighted by molar-refractivity contribution is 0.344. The first kappa shape index (κ1) is 12.6. The van der Waals surface area contributed by atoms with Crippen LogP contribution in [0.4, 0.5) is 0 Å². The molecule has 2 unspecified atom stereocenters. The summed E-state index contributed by atoms with van der Waals surface area (Å²) < 4.78 is 0. The summed E-state index contributed by atoms with van der Waals surface area (Å²) in [6.45, 7) is 0.985. The topological polar surface area (TPSA) is 29.3 Å². The minimum Gasteiger partial charge on any atom is -0.327 e. The number of likely N-dealkylation sites (N-methyl/N-ethyl adjacent to an activating group) is 1. The molecule has 0 aromatic heterocycles. The zero-order valence-corrected chi connectivity index (χ0v) is 11.0. The summed E-state index contributed by atoms with van der Waals surface area (Å²) in [5, 5.41) is 0. The Morgan fingerprint density at radius 2 is 2.12 bits per heavy atom. The molecule has 2 rings (SSSR count). The van der Waals surface area contributed by atoms with Gasteiger partial charge < -0.3 is 10.6 Å². The minimum atomic E-state index is 0.293. The van der Waals surface area contributed by atoms with E-state index >= 15 is 0 Å². The van der Waals surface area contributed by atoms with Crippen LogP contribution < -0.4 is 5.73 Å². The first-order chi connectivity index (χ1) is 8.16. The van der Waals surface area contributed by atoms with Crippen LogP contribution in [0.1, 0.15) is 36.3 Å². The van der Waals surface area contributed by atoms with Crippen LogP contribution >= 0.6 is 0 Å². The zero-order chi connectivity index (χ0) is 12.3. The molecule has 2 nitrogen and oxygen atoms in total. The molecule has 2 atom stereocenters. The van der Waals surface area contributed by atoms with Crippen LogP contribution in [0.5, 0.6) is 0 Å². The summed E-state index contributed by atoms with van der Waals surface area (Å²) in [4.78, 5) is 2.18. The SMILES string of the molecule is CN(C)CC(N)CC1CCCc2ccccc21. The third-order valence-corrected chi connectivity index (χ3v) is 3.68. The van der Waals surface area contributed by atoms with Crippen molar-refractivity contribution in [2.45, 2.75) is 37.6 Å². The second kappa shape index (κ2) is 5.65. The van der Waals surface area contributed by atoms with Crippen molar-refractivity contribution in [2.75, 3.05) is 20.6 Å². The first-order valence-corrected chi connectivity index (χ1v) is 6.65. The van der Waals surface area contributed by atoms with Crippen LogP contribution in [0.2, 0.25) is 0 Å². The fourth-order valence-corrected chi connectivity index (χ4v) is 3.01. The Bertz CT molecular complexity index is 360. The van der Waals surface area contributed by atoms with Crippen molar-refractivity contribution in [3.63, 3.8) is 0 Å². The van der Waals surface area contributed by atoms with Crippen LogP contribution in [-0.4, -0.2) is 31.6 Å². The minimum absolute atomic E-state index is 0.293. The molecule has 17 heavy (non-hydrogen) atoms. The predicted octanol–water partition coefficient (Wildman–Crippen LogP) is 2.39. The molecule has 0 heterocycles. The number of benzene rings is 1. The van der Waals surface area contributed by atoms with Crippen LogP contribution in [-0.2, 0) is 6.42 Å². The van der Waals surface area contributed by atoms with E-state index in [1.54, 1.807) is 11.1 Å². The van der Waals surface area contributed by atoms with Gasteiger partial charge in [0.1, 0.15) is 0 Å². The van der Waals surface area contributed by atoms with Crippen molar-refractivity contribution in [3.8, 4) is 0 Å². The third-order valence-electron chi connectivity index (χ3n) is 3.68. The standard InChI is InChI=1S/C15H24N2/c1-17(2)11-14(16)10-13-8-5-7-12-6-3-4-9-15(12)13/h3-4,6,9,13-14H,5,7-8,10-11,16H2,1-2H3. The molecule has 94 valence electrons. The van der Waals surface area contributed by atoms with Gasteiger partial charge in [-0.25, -0.2) is 0 Å². The molecule has 0 spiro atoms. The Balaban J connectivity index is 2.03. The zero-order valence-electron chi connectivity index (χ0n) is 11.0.